The summed E-state index contributed by atoms with van der Waals surface area (Å²) in [5, 5.41) is 11.0. The monoisotopic (exact) mass is 679 g/mol. The Morgan fingerprint density at radius 1 is 0.909 bits per heavy atom. The van der Waals surface area contributed by atoms with Crippen LogP contribution in [0.25, 0.3) is 0 Å². The van der Waals surface area contributed by atoms with Gasteiger partial charge in [0, 0.05) is 28.7 Å². The van der Waals surface area contributed by atoms with Gasteiger partial charge in [-0.05, 0) is 65.4 Å². The van der Waals surface area contributed by atoms with Gasteiger partial charge in [0.1, 0.15) is 5.75 Å². The van der Waals surface area contributed by atoms with Crippen molar-refractivity contribution in [3.8, 4) is 5.75 Å². The van der Waals surface area contributed by atoms with Gasteiger partial charge in [-0.3, -0.25) is 19.2 Å². The molecule has 4 atom stereocenters. The highest BCUT2D eigenvalue weighted by Crippen LogP contribution is 2.57. The molecule has 13 heteroatoms. The van der Waals surface area contributed by atoms with Crippen LogP contribution in [0.2, 0.25) is 0 Å². The lowest BCUT2D eigenvalue weighted by Gasteiger charge is -2.42. The van der Waals surface area contributed by atoms with Crippen molar-refractivity contribution < 1.29 is 50.6 Å². The summed E-state index contributed by atoms with van der Waals surface area (Å²) in [4.78, 5) is 54.5. The summed E-state index contributed by atoms with van der Waals surface area (Å²) < 4.78 is 81.6. The molecule has 0 radical (unpaired) electrons. The number of phenols is 1. The minimum absolute atomic E-state index is 0.0349. The highest BCUT2D eigenvalue weighted by molar-refractivity contribution is 9.12. The lowest BCUT2D eigenvalue weighted by atomic mass is 9.59. The highest BCUT2D eigenvalue weighted by atomic mass is 79.9. The molecule has 4 aliphatic rings. The van der Waals surface area contributed by atoms with Crippen LogP contribution in [0.3, 0.4) is 0 Å². The van der Waals surface area contributed by atoms with Crippen molar-refractivity contribution in [1.82, 2.24) is 0 Å². The molecule has 3 aliphatic carbocycles. The van der Waals surface area contributed by atoms with Crippen LogP contribution in [0.15, 0.2) is 69.8 Å². The third kappa shape index (κ3) is 4.54. The second-order valence-electron chi connectivity index (χ2n) is 11.2. The first-order valence-corrected chi connectivity index (χ1v) is 14.1. The molecule has 6 rings (SSSR count). The number of fused-ring (bicyclic) bond motifs is 3. The number of halogens is 7. The van der Waals surface area contributed by atoms with E-state index in [1.54, 1.807) is 31.2 Å². The Hall–Kier alpha value is -4.00. The van der Waals surface area contributed by atoms with E-state index in [1.807, 2.05) is 0 Å². The van der Waals surface area contributed by atoms with E-state index < -0.39 is 76.2 Å². The topological polar surface area (TPSA) is 91.8 Å². The van der Waals surface area contributed by atoms with Crippen LogP contribution in [-0.4, -0.2) is 28.5 Å². The van der Waals surface area contributed by atoms with Gasteiger partial charge in [-0.2, -0.15) is 26.3 Å². The van der Waals surface area contributed by atoms with Crippen molar-refractivity contribution >= 4 is 45.0 Å². The molecule has 0 aromatic heterocycles. The summed E-state index contributed by atoms with van der Waals surface area (Å²) in [5.74, 6) is -7.46. The molecule has 44 heavy (non-hydrogen) atoms. The maximum absolute atomic E-state index is 13.9. The first-order chi connectivity index (χ1) is 20.5. The predicted octanol–water partition coefficient (Wildman–Crippen LogP) is 6.70. The summed E-state index contributed by atoms with van der Waals surface area (Å²) in [5.41, 5.74) is -2.87. The third-order valence-electron chi connectivity index (χ3n) is 8.74. The smallest absolute Gasteiger partial charge is 0.416 e. The molecule has 1 aliphatic heterocycles. The molecular weight excluding hydrogens is 660 g/mol. The Balaban J connectivity index is 1.49. The fraction of sp³-hybridized carbons (Fsp3) is 0.290. The van der Waals surface area contributed by atoms with Gasteiger partial charge in [0.2, 0.25) is 11.8 Å². The van der Waals surface area contributed by atoms with Gasteiger partial charge in [-0.15, -0.1) is 0 Å². The molecule has 1 N–H and O–H groups in total. The van der Waals surface area contributed by atoms with Gasteiger partial charge in [-0.1, -0.05) is 29.8 Å². The van der Waals surface area contributed by atoms with Crippen LogP contribution < -0.4 is 4.90 Å². The van der Waals surface area contributed by atoms with E-state index in [0.29, 0.717) is 28.2 Å². The van der Waals surface area contributed by atoms with Gasteiger partial charge >= 0.3 is 12.4 Å². The highest BCUT2D eigenvalue weighted by Gasteiger charge is 2.57. The van der Waals surface area contributed by atoms with Gasteiger partial charge < -0.3 is 5.11 Å². The van der Waals surface area contributed by atoms with Crippen molar-refractivity contribution in [2.45, 2.75) is 38.0 Å². The molecule has 1 heterocycles. The van der Waals surface area contributed by atoms with Crippen LogP contribution >= 0.6 is 15.9 Å². The Morgan fingerprint density at radius 3 is 2.16 bits per heavy atom. The molecule has 6 nitrogen and oxygen atoms in total. The van der Waals surface area contributed by atoms with Crippen molar-refractivity contribution in [3.63, 3.8) is 0 Å². The summed E-state index contributed by atoms with van der Waals surface area (Å²) in [6.45, 7) is 1.63. The fourth-order valence-corrected chi connectivity index (χ4v) is 7.25. The number of amides is 2. The van der Waals surface area contributed by atoms with Crippen LogP contribution in [0.1, 0.15) is 41.0 Å². The van der Waals surface area contributed by atoms with E-state index in [1.165, 1.54) is 0 Å². The van der Waals surface area contributed by atoms with Gasteiger partial charge in [0.05, 0.1) is 33.1 Å². The van der Waals surface area contributed by atoms with E-state index >= 15 is 0 Å². The number of aromatic hydroxyl groups is 1. The SMILES string of the molecule is Cc1cccc([C@H]2C3=CC[C@@H]4C(=O)N(c5cc(C(F)(F)F)cc(C(F)(F)F)c5)C(=O)[C@@H]4[C@@H]3CC3=C2C(=O)C=C(Br)C3=O)c1O. The summed E-state index contributed by atoms with van der Waals surface area (Å²) in [6, 6.07) is 5.40. The first-order valence-electron chi connectivity index (χ1n) is 13.4. The zero-order valence-electron chi connectivity index (χ0n) is 22.5. The maximum Gasteiger partial charge on any atom is 0.416 e. The maximum atomic E-state index is 13.9. The minimum Gasteiger partial charge on any atom is -0.507 e. The Labute approximate surface area is 253 Å². The molecule has 0 saturated carbocycles. The number of phenolic OH excluding ortho intramolecular Hbond substituents is 1. The number of carbonyl (C=O) groups is 4. The summed E-state index contributed by atoms with van der Waals surface area (Å²) in [6.07, 6.45) is -7.94. The number of carbonyl (C=O) groups excluding carboxylic acids is 4. The number of nitrogens with zero attached hydrogens (tertiary/aromatic N) is 1. The number of anilines is 1. The molecule has 0 unspecified atom stereocenters. The quantitative estimate of drug-likeness (QED) is 0.165. The van der Waals surface area contributed by atoms with Gasteiger partial charge in [0.25, 0.3) is 0 Å². The number of ketones is 2. The average molecular weight is 680 g/mol. The average Bonchev–Trinajstić information content (AvgIpc) is 3.20. The zero-order valence-corrected chi connectivity index (χ0v) is 24.1. The van der Waals surface area contributed by atoms with E-state index in [4.69, 9.17) is 0 Å². The fourth-order valence-electron chi connectivity index (χ4n) is 6.80. The standard InChI is InChI=1S/C31H20BrF6NO5/c1-12-3-2-4-17(26(12)41)23-16-5-6-18-24(19(16)10-20-25(23)22(40)11-21(32)27(20)42)29(44)39(28(18)43)15-8-13(30(33,34)35)7-14(9-15)31(36,37)38/h2-5,7-9,11,18-19,23-24,41H,6,10H2,1H3/t18-,19+,23+,24-/m0/s1. The molecular formula is C31H20BrF6NO5. The first kappa shape index (κ1) is 30.0. The number of Topliss-reactive ketones (excluding diaryl/α,β-unsaturated/α-hetero) is 1. The van der Waals surface area contributed by atoms with Crippen molar-refractivity contribution in [3.05, 3.63) is 92.0 Å². The number of benzene rings is 2. The Bertz CT molecular complexity index is 1750. The van der Waals surface area contributed by atoms with Crippen molar-refractivity contribution in [1.29, 1.82) is 0 Å². The van der Waals surface area contributed by atoms with Gasteiger partial charge in [-0.25, -0.2) is 4.90 Å². The number of aryl methyl sites for hydroxylation is 1. The predicted molar refractivity (Wildman–Crippen MR) is 146 cm³/mol. The van der Waals surface area contributed by atoms with Crippen LogP contribution in [-0.2, 0) is 31.5 Å². The molecule has 2 amide bonds. The second kappa shape index (κ2) is 10.0. The number of hydrogen-bond acceptors (Lipinski definition) is 5. The van der Waals surface area contributed by atoms with Crippen LogP contribution in [0, 0.1) is 24.7 Å². The van der Waals surface area contributed by atoms with E-state index in [9.17, 15) is 50.6 Å². The van der Waals surface area contributed by atoms with Crippen LogP contribution in [0.5, 0.6) is 5.75 Å². The van der Waals surface area contributed by atoms with E-state index in [-0.39, 0.29) is 45.8 Å². The Kier molecular flexibility index (Phi) is 6.84. The normalized spacial score (nSPS) is 25.5. The van der Waals surface area contributed by atoms with Gasteiger partial charge in [0.15, 0.2) is 11.6 Å². The minimum atomic E-state index is -5.20. The molecule has 1 fully saturated rings. The second-order valence-corrected chi connectivity index (χ2v) is 12.0. The molecule has 2 aromatic carbocycles. The van der Waals surface area contributed by atoms with E-state index in [2.05, 4.69) is 15.9 Å². The van der Waals surface area contributed by atoms with Crippen molar-refractivity contribution in [2.75, 3.05) is 4.90 Å². The van der Waals surface area contributed by atoms with E-state index in [0.717, 1.165) is 6.08 Å². The summed E-state index contributed by atoms with van der Waals surface area (Å²) >= 11 is 3.09. The molecule has 2 aromatic rings. The van der Waals surface area contributed by atoms with Crippen LogP contribution in [0.4, 0.5) is 32.0 Å². The lowest BCUT2D eigenvalue weighted by Crippen LogP contribution is -2.39. The van der Waals surface area contributed by atoms with Crippen molar-refractivity contribution in [2.24, 2.45) is 17.8 Å². The Morgan fingerprint density at radius 2 is 1.55 bits per heavy atom. The number of allylic oxidation sites excluding steroid dienone is 6. The molecule has 228 valence electrons. The largest absolute Gasteiger partial charge is 0.507 e. The zero-order chi connectivity index (χ0) is 32.0. The number of imide groups is 1. The molecule has 0 spiro atoms. The third-order valence-corrected chi connectivity index (χ3v) is 9.33. The summed E-state index contributed by atoms with van der Waals surface area (Å²) in [7, 11) is 0. The number of alkyl halides is 6. The number of rotatable bonds is 2. The molecule has 1 saturated heterocycles. The molecule has 0 bridgehead atoms. The number of para-hydroxylation sites is 1. The lowest BCUT2D eigenvalue weighted by molar-refractivity contribution is -0.143. The number of hydrogen-bond donors (Lipinski definition) is 1.